The summed E-state index contributed by atoms with van der Waals surface area (Å²) in [6.45, 7) is 3.85. The van der Waals surface area contributed by atoms with Gasteiger partial charge in [-0.25, -0.2) is 13.2 Å². The molecule has 0 aliphatic carbocycles. The van der Waals surface area contributed by atoms with Gasteiger partial charge in [-0.15, -0.1) is 0 Å². The lowest BCUT2D eigenvalue weighted by atomic mass is 10.1. The van der Waals surface area contributed by atoms with Crippen molar-refractivity contribution < 1.29 is 27.5 Å². The first kappa shape index (κ1) is 23.7. The molecule has 1 amide bonds. The van der Waals surface area contributed by atoms with Crippen LogP contribution in [-0.2, 0) is 26.0 Å². The molecule has 0 radical (unpaired) electrons. The van der Waals surface area contributed by atoms with Crippen molar-refractivity contribution in [3.05, 3.63) is 46.8 Å². The zero-order valence-electron chi connectivity index (χ0n) is 18.4. The first-order valence-corrected chi connectivity index (χ1v) is 11.8. The molecule has 32 heavy (non-hydrogen) atoms. The summed E-state index contributed by atoms with van der Waals surface area (Å²) >= 11 is 0. The Kier molecular flexibility index (Phi) is 7.15. The Hall–Kier alpha value is -2.98. The van der Waals surface area contributed by atoms with Crippen LogP contribution in [0, 0.1) is 6.92 Å². The van der Waals surface area contributed by atoms with E-state index in [9.17, 15) is 22.8 Å². The maximum Gasteiger partial charge on any atom is 0.339 e. The number of hydrogen-bond donors (Lipinski definition) is 2. The summed E-state index contributed by atoms with van der Waals surface area (Å²) in [6.07, 6.45) is 2.32. The molecule has 1 aliphatic rings. The third-order valence-corrected chi connectivity index (χ3v) is 7.46. The second kappa shape index (κ2) is 9.66. The van der Waals surface area contributed by atoms with Crippen molar-refractivity contribution in [1.82, 2.24) is 9.29 Å². The lowest BCUT2D eigenvalue weighted by Gasteiger charge is -2.26. The molecule has 0 bridgehead atoms. The number of ketones is 1. The molecule has 1 aromatic carbocycles. The van der Waals surface area contributed by atoms with Gasteiger partial charge >= 0.3 is 5.97 Å². The van der Waals surface area contributed by atoms with E-state index in [-0.39, 0.29) is 39.7 Å². The number of hydrogen-bond acceptors (Lipinski definition) is 6. The molecular formula is C22H27N3O6S. The number of anilines is 1. The van der Waals surface area contributed by atoms with E-state index in [0.717, 1.165) is 19.3 Å². The molecular weight excluding hydrogens is 434 g/mol. The van der Waals surface area contributed by atoms with E-state index in [1.807, 2.05) is 0 Å². The number of ether oxygens (including phenoxy) is 1. The Morgan fingerprint density at radius 3 is 2.41 bits per heavy atom. The summed E-state index contributed by atoms with van der Waals surface area (Å²) in [5, 5.41) is 2.64. The molecule has 0 atom stereocenters. The normalized spacial score (nSPS) is 14.7. The highest BCUT2D eigenvalue weighted by Crippen LogP contribution is 2.27. The molecule has 1 aliphatic heterocycles. The van der Waals surface area contributed by atoms with E-state index < -0.39 is 21.9 Å². The number of Topliss-reactive ketones (excluding diaryl/α,β-unsaturated/α-hetero) is 1. The summed E-state index contributed by atoms with van der Waals surface area (Å²) in [6, 6.07) is 6.23. The fourth-order valence-corrected chi connectivity index (χ4v) is 5.58. The predicted octanol–water partition coefficient (Wildman–Crippen LogP) is 2.67. The van der Waals surface area contributed by atoms with Crippen LogP contribution in [0.1, 0.15) is 58.3 Å². The molecule has 1 aromatic heterocycles. The van der Waals surface area contributed by atoms with Crippen molar-refractivity contribution in [3.8, 4) is 0 Å². The highest BCUT2D eigenvalue weighted by molar-refractivity contribution is 7.89. The third kappa shape index (κ3) is 4.76. The number of carbonyl (C=O) groups is 3. The van der Waals surface area contributed by atoms with Gasteiger partial charge in [0.05, 0.1) is 30.5 Å². The molecule has 0 saturated carbocycles. The zero-order chi connectivity index (χ0) is 23.5. The number of methoxy groups -OCH3 is 1. The van der Waals surface area contributed by atoms with Gasteiger partial charge in [-0.3, -0.25) is 9.59 Å². The number of benzene rings is 1. The van der Waals surface area contributed by atoms with E-state index in [1.54, 1.807) is 19.1 Å². The minimum Gasteiger partial charge on any atom is -0.465 e. The van der Waals surface area contributed by atoms with Gasteiger partial charge < -0.3 is 15.0 Å². The lowest BCUT2D eigenvalue weighted by Crippen LogP contribution is -2.36. The first-order valence-electron chi connectivity index (χ1n) is 10.4. The Morgan fingerprint density at radius 1 is 1.12 bits per heavy atom. The van der Waals surface area contributed by atoms with Gasteiger partial charge in [0, 0.05) is 25.7 Å². The number of piperidine rings is 1. The third-order valence-electron chi connectivity index (χ3n) is 5.50. The average Bonchev–Trinajstić information content (AvgIpc) is 3.10. The average molecular weight is 462 g/mol. The van der Waals surface area contributed by atoms with Crippen molar-refractivity contribution in [1.29, 1.82) is 0 Å². The number of nitrogens with one attached hydrogen (secondary N) is 2. The SMILES string of the molecule is COC(=O)c1c(CC(=O)Nc2ccccc2S(=O)(=O)N2CCCCC2)[nH]c(C(C)=O)c1C. The number of rotatable bonds is 7. The van der Waals surface area contributed by atoms with Crippen LogP contribution in [0.2, 0.25) is 0 Å². The second-order valence-electron chi connectivity index (χ2n) is 7.71. The quantitative estimate of drug-likeness (QED) is 0.482. The standard InChI is InChI=1S/C22H27N3O6S/c1-14-20(22(28)31-3)17(24-21(14)15(2)26)13-19(27)23-16-9-5-6-10-18(16)32(29,30)25-11-7-4-8-12-25/h5-6,9-10,24H,4,7-8,11-13H2,1-3H3,(H,23,27). The predicted molar refractivity (Wildman–Crippen MR) is 118 cm³/mol. The smallest absolute Gasteiger partial charge is 0.339 e. The van der Waals surface area contributed by atoms with Crippen LogP contribution in [-0.4, -0.2) is 55.6 Å². The summed E-state index contributed by atoms with van der Waals surface area (Å²) < 4.78 is 32.5. The molecule has 2 N–H and O–H groups in total. The van der Waals surface area contributed by atoms with Gasteiger partial charge in [-0.2, -0.15) is 4.31 Å². The Labute approximate surface area is 187 Å². The molecule has 0 unspecified atom stereocenters. The monoisotopic (exact) mass is 461 g/mol. The molecule has 0 spiro atoms. The van der Waals surface area contributed by atoms with Gasteiger partial charge in [0.2, 0.25) is 15.9 Å². The molecule has 2 aromatic rings. The zero-order valence-corrected chi connectivity index (χ0v) is 19.2. The fourth-order valence-electron chi connectivity index (χ4n) is 3.92. The van der Waals surface area contributed by atoms with Gasteiger partial charge in [0.1, 0.15) is 4.90 Å². The highest BCUT2D eigenvalue weighted by Gasteiger charge is 2.29. The Morgan fingerprint density at radius 2 is 1.78 bits per heavy atom. The second-order valence-corrected chi connectivity index (χ2v) is 9.62. The Balaban J connectivity index is 1.88. The molecule has 3 rings (SSSR count). The largest absolute Gasteiger partial charge is 0.465 e. The number of amides is 1. The summed E-state index contributed by atoms with van der Waals surface area (Å²) in [5.74, 6) is -1.48. The summed E-state index contributed by atoms with van der Waals surface area (Å²) in [7, 11) is -2.54. The number of esters is 1. The lowest BCUT2D eigenvalue weighted by molar-refractivity contribution is -0.115. The first-order chi connectivity index (χ1) is 15.2. The molecule has 9 nitrogen and oxygen atoms in total. The number of aromatic nitrogens is 1. The maximum absolute atomic E-state index is 13.1. The van der Waals surface area contributed by atoms with Crippen LogP contribution >= 0.6 is 0 Å². The van der Waals surface area contributed by atoms with Crippen molar-refractivity contribution in [2.24, 2.45) is 0 Å². The van der Waals surface area contributed by atoms with Crippen LogP contribution in [0.25, 0.3) is 0 Å². The van der Waals surface area contributed by atoms with E-state index >= 15 is 0 Å². The van der Waals surface area contributed by atoms with Crippen LogP contribution < -0.4 is 5.32 Å². The number of sulfonamides is 1. The minimum absolute atomic E-state index is 0.0236. The van der Waals surface area contributed by atoms with E-state index in [0.29, 0.717) is 18.7 Å². The van der Waals surface area contributed by atoms with Gasteiger partial charge in [0.25, 0.3) is 0 Å². The van der Waals surface area contributed by atoms with Gasteiger partial charge in [-0.1, -0.05) is 18.6 Å². The molecule has 10 heteroatoms. The maximum atomic E-state index is 13.1. The fraction of sp³-hybridized carbons (Fsp3) is 0.409. The van der Waals surface area contributed by atoms with E-state index in [4.69, 9.17) is 4.74 Å². The Bertz CT molecular complexity index is 1150. The van der Waals surface area contributed by atoms with Gasteiger partial charge in [-0.05, 0) is 37.5 Å². The van der Waals surface area contributed by atoms with E-state index in [1.165, 1.54) is 30.5 Å². The number of H-pyrrole nitrogens is 1. The summed E-state index contributed by atoms with van der Waals surface area (Å²) in [5.41, 5.74) is 1.15. The molecule has 2 heterocycles. The van der Waals surface area contributed by atoms with Crippen molar-refractivity contribution >= 4 is 33.4 Å². The highest BCUT2D eigenvalue weighted by atomic mass is 32.2. The number of para-hydroxylation sites is 1. The van der Waals surface area contributed by atoms with Gasteiger partial charge in [0.15, 0.2) is 5.78 Å². The molecule has 1 fully saturated rings. The van der Waals surface area contributed by atoms with Crippen LogP contribution in [0.4, 0.5) is 5.69 Å². The molecule has 1 saturated heterocycles. The number of carbonyl (C=O) groups excluding carboxylic acids is 3. The van der Waals surface area contributed by atoms with Crippen LogP contribution in [0.15, 0.2) is 29.2 Å². The van der Waals surface area contributed by atoms with Crippen molar-refractivity contribution in [2.75, 3.05) is 25.5 Å². The van der Waals surface area contributed by atoms with Crippen molar-refractivity contribution in [2.45, 2.75) is 44.4 Å². The van der Waals surface area contributed by atoms with Crippen molar-refractivity contribution in [3.63, 3.8) is 0 Å². The van der Waals surface area contributed by atoms with Crippen LogP contribution in [0.5, 0.6) is 0 Å². The minimum atomic E-state index is -3.76. The molecule has 172 valence electrons. The van der Waals surface area contributed by atoms with Crippen LogP contribution in [0.3, 0.4) is 0 Å². The number of aromatic amines is 1. The van der Waals surface area contributed by atoms with E-state index in [2.05, 4.69) is 10.3 Å². The number of nitrogens with zero attached hydrogens (tertiary/aromatic N) is 1. The summed E-state index contributed by atoms with van der Waals surface area (Å²) in [4.78, 5) is 39.8. The topological polar surface area (TPSA) is 126 Å².